The number of hydrogen-bond donors (Lipinski definition) is 0. The van der Waals surface area contributed by atoms with E-state index in [-0.39, 0.29) is 0 Å². The molecular weight excluding hydrogens is 424 g/mol. The molecular formula is C34H50O. The topological polar surface area (TPSA) is 9.23 Å². The first kappa shape index (κ1) is 26.3. The maximum absolute atomic E-state index is 6.21. The van der Waals surface area contributed by atoms with Crippen molar-refractivity contribution in [3.8, 4) is 11.5 Å². The van der Waals surface area contributed by atoms with Gasteiger partial charge in [-0.05, 0) is 110 Å². The molecule has 2 saturated carbocycles. The van der Waals surface area contributed by atoms with Crippen LogP contribution in [0.15, 0.2) is 48.5 Å². The summed E-state index contributed by atoms with van der Waals surface area (Å²) >= 11 is 0. The van der Waals surface area contributed by atoms with Crippen molar-refractivity contribution in [3.05, 3.63) is 59.7 Å². The van der Waals surface area contributed by atoms with Crippen LogP contribution in [-0.4, -0.2) is 0 Å². The van der Waals surface area contributed by atoms with Crippen LogP contribution in [0.1, 0.15) is 140 Å². The van der Waals surface area contributed by atoms with Crippen LogP contribution < -0.4 is 4.74 Å². The molecule has 0 saturated heterocycles. The van der Waals surface area contributed by atoms with Crippen LogP contribution in [0.4, 0.5) is 0 Å². The van der Waals surface area contributed by atoms with E-state index < -0.39 is 0 Å². The molecule has 0 heterocycles. The SMILES string of the molecule is CCCCCC1CCC(c2ccc(Oc3ccc(C4CCC(CCCCC)CC4)cc3)cc2)CC1. The predicted octanol–water partition coefficient (Wildman–Crippen LogP) is 11.2. The van der Waals surface area contributed by atoms with E-state index in [1.165, 1.54) is 114 Å². The van der Waals surface area contributed by atoms with Crippen molar-refractivity contribution in [1.29, 1.82) is 0 Å². The van der Waals surface area contributed by atoms with Crippen molar-refractivity contribution in [1.82, 2.24) is 0 Å². The minimum atomic E-state index is 0.743. The van der Waals surface area contributed by atoms with Gasteiger partial charge in [-0.15, -0.1) is 0 Å². The highest BCUT2D eigenvalue weighted by Crippen LogP contribution is 2.40. The summed E-state index contributed by atoms with van der Waals surface area (Å²) in [7, 11) is 0. The Morgan fingerprint density at radius 2 is 0.886 bits per heavy atom. The molecule has 2 aromatic rings. The van der Waals surface area contributed by atoms with Crippen molar-refractivity contribution in [2.75, 3.05) is 0 Å². The normalized spacial score (nSPS) is 24.9. The second kappa shape index (κ2) is 14.1. The maximum Gasteiger partial charge on any atom is 0.127 e. The van der Waals surface area contributed by atoms with E-state index in [2.05, 4.69) is 62.4 Å². The summed E-state index contributed by atoms with van der Waals surface area (Å²) in [5.74, 6) is 5.36. The summed E-state index contributed by atoms with van der Waals surface area (Å²) < 4.78 is 6.21. The van der Waals surface area contributed by atoms with Gasteiger partial charge in [0.2, 0.25) is 0 Å². The molecule has 2 aromatic carbocycles. The highest BCUT2D eigenvalue weighted by molar-refractivity contribution is 5.36. The first-order chi connectivity index (χ1) is 17.2. The number of hydrogen-bond acceptors (Lipinski definition) is 1. The Morgan fingerprint density at radius 1 is 0.514 bits per heavy atom. The van der Waals surface area contributed by atoms with E-state index in [0.717, 1.165) is 35.2 Å². The lowest BCUT2D eigenvalue weighted by Gasteiger charge is -2.29. The first-order valence-electron chi connectivity index (χ1n) is 15.1. The fourth-order valence-electron chi connectivity index (χ4n) is 6.69. The van der Waals surface area contributed by atoms with Gasteiger partial charge in [-0.25, -0.2) is 0 Å². The zero-order valence-corrected chi connectivity index (χ0v) is 22.7. The van der Waals surface area contributed by atoms with E-state index in [9.17, 15) is 0 Å². The van der Waals surface area contributed by atoms with Crippen LogP contribution in [0.3, 0.4) is 0 Å². The van der Waals surface area contributed by atoms with Crippen molar-refractivity contribution < 1.29 is 4.74 Å². The molecule has 2 fully saturated rings. The van der Waals surface area contributed by atoms with Crippen LogP contribution in [0, 0.1) is 11.8 Å². The van der Waals surface area contributed by atoms with E-state index in [0.29, 0.717) is 0 Å². The number of unbranched alkanes of at least 4 members (excludes halogenated alkanes) is 4. The zero-order valence-electron chi connectivity index (χ0n) is 22.7. The Labute approximate surface area is 216 Å². The van der Waals surface area contributed by atoms with Gasteiger partial charge in [0.05, 0.1) is 0 Å². The molecule has 0 atom stereocenters. The molecule has 1 heteroatoms. The monoisotopic (exact) mass is 474 g/mol. The smallest absolute Gasteiger partial charge is 0.127 e. The molecule has 0 radical (unpaired) electrons. The first-order valence-corrected chi connectivity index (χ1v) is 15.1. The van der Waals surface area contributed by atoms with Crippen molar-refractivity contribution in [2.45, 2.75) is 128 Å². The summed E-state index contributed by atoms with van der Waals surface area (Å²) in [6.07, 6.45) is 22.4. The standard InChI is InChI=1S/C34H50O/c1-3-5-7-9-27-11-15-29(16-12-27)31-19-23-33(24-20-31)35-34-25-21-32(22-26-34)30-17-13-28(14-18-30)10-8-6-4-2/h19-30H,3-18H2,1-2H3. The molecule has 0 aromatic heterocycles. The van der Waals surface area contributed by atoms with Gasteiger partial charge in [0.15, 0.2) is 0 Å². The largest absolute Gasteiger partial charge is 0.457 e. The molecule has 0 bridgehead atoms. The maximum atomic E-state index is 6.21. The Morgan fingerprint density at radius 3 is 1.23 bits per heavy atom. The molecule has 2 aliphatic carbocycles. The fraction of sp³-hybridized carbons (Fsp3) is 0.647. The molecule has 4 rings (SSSR count). The second-order valence-electron chi connectivity index (χ2n) is 11.7. The Bertz CT molecular complexity index is 748. The zero-order chi connectivity index (χ0) is 24.3. The Kier molecular flexibility index (Phi) is 10.6. The second-order valence-corrected chi connectivity index (χ2v) is 11.7. The summed E-state index contributed by atoms with van der Waals surface area (Å²) in [5, 5.41) is 0. The van der Waals surface area contributed by atoms with Crippen LogP contribution in [-0.2, 0) is 0 Å². The van der Waals surface area contributed by atoms with Gasteiger partial charge in [-0.1, -0.05) is 89.5 Å². The number of rotatable bonds is 12. The molecule has 1 nitrogen and oxygen atoms in total. The number of ether oxygens (including phenoxy) is 1. The van der Waals surface area contributed by atoms with E-state index in [1.807, 2.05) is 0 Å². The fourth-order valence-corrected chi connectivity index (χ4v) is 6.69. The quantitative estimate of drug-likeness (QED) is 0.278. The Hall–Kier alpha value is -1.76. The van der Waals surface area contributed by atoms with Gasteiger partial charge >= 0.3 is 0 Å². The number of benzene rings is 2. The summed E-state index contributed by atoms with van der Waals surface area (Å²) in [6.45, 7) is 4.61. The summed E-state index contributed by atoms with van der Waals surface area (Å²) in [4.78, 5) is 0. The molecule has 0 unspecified atom stereocenters. The average molecular weight is 475 g/mol. The van der Waals surface area contributed by atoms with Crippen LogP contribution in [0.25, 0.3) is 0 Å². The van der Waals surface area contributed by atoms with Gasteiger partial charge < -0.3 is 4.74 Å². The van der Waals surface area contributed by atoms with Crippen LogP contribution in [0.2, 0.25) is 0 Å². The van der Waals surface area contributed by atoms with E-state index in [1.54, 1.807) is 0 Å². The van der Waals surface area contributed by atoms with Gasteiger partial charge in [0, 0.05) is 0 Å². The molecule has 0 spiro atoms. The summed E-state index contributed by atoms with van der Waals surface area (Å²) in [6, 6.07) is 17.9. The minimum Gasteiger partial charge on any atom is -0.457 e. The van der Waals surface area contributed by atoms with E-state index >= 15 is 0 Å². The average Bonchev–Trinajstić information content (AvgIpc) is 2.91. The van der Waals surface area contributed by atoms with Crippen LogP contribution >= 0.6 is 0 Å². The van der Waals surface area contributed by atoms with Gasteiger partial charge in [-0.2, -0.15) is 0 Å². The highest BCUT2D eigenvalue weighted by Gasteiger charge is 2.23. The molecule has 0 amide bonds. The predicted molar refractivity (Wildman–Crippen MR) is 151 cm³/mol. The highest BCUT2D eigenvalue weighted by atomic mass is 16.5. The van der Waals surface area contributed by atoms with Crippen LogP contribution in [0.5, 0.6) is 11.5 Å². The van der Waals surface area contributed by atoms with Gasteiger partial charge in [0.1, 0.15) is 11.5 Å². The summed E-state index contributed by atoms with van der Waals surface area (Å²) in [5.41, 5.74) is 3.01. The lowest BCUT2D eigenvalue weighted by molar-refractivity contribution is 0.302. The molecule has 0 aliphatic heterocycles. The molecule has 2 aliphatic rings. The molecule has 35 heavy (non-hydrogen) atoms. The molecule has 192 valence electrons. The van der Waals surface area contributed by atoms with Crippen molar-refractivity contribution in [3.63, 3.8) is 0 Å². The molecule has 0 N–H and O–H groups in total. The van der Waals surface area contributed by atoms with Gasteiger partial charge in [-0.3, -0.25) is 0 Å². The Balaban J connectivity index is 1.21. The minimum absolute atomic E-state index is 0.743. The van der Waals surface area contributed by atoms with Gasteiger partial charge in [0.25, 0.3) is 0 Å². The third-order valence-corrected chi connectivity index (χ3v) is 9.06. The third-order valence-electron chi connectivity index (χ3n) is 9.06. The van der Waals surface area contributed by atoms with E-state index in [4.69, 9.17) is 4.74 Å². The lowest BCUT2D eigenvalue weighted by Crippen LogP contribution is -2.13. The third kappa shape index (κ3) is 8.12. The lowest BCUT2D eigenvalue weighted by atomic mass is 9.77. The van der Waals surface area contributed by atoms with Crippen molar-refractivity contribution >= 4 is 0 Å². The van der Waals surface area contributed by atoms with Crippen molar-refractivity contribution in [2.24, 2.45) is 11.8 Å².